The normalized spacial score (nSPS) is 20.9. The van der Waals surface area contributed by atoms with Gasteiger partial charge in [0.25, 0.3) is 0 Å². The number of rotatable bonds is 6. The molecular formula is C33H46FN3O2. The molecule has 0 saturated carbocycles. The molecule has 0 aromatic heterocycles. The van der Waals surface area contributed by atoms with Gasteiger partial charge in [0.15, 0.2) is 0 Å². The van der Waals surface area contributed by atoms with Crippen molar-refractivity contribution in [2.45, 2.75) is 97.2 Å². The summed E-state index contributed by atoms with van der Waals surface area (Å²) in [7, 11) is 0. The summed E-state index contributed by atoms with van der Waals surface area (Å²) in [6, 6.07) is 15.2. The summed E-state index contributed by atoms with van der Waals surface area (Å²) in [5.41, 5.74) is 1.23. The predicted octanol–water partition coefficient (Wildman–Crippen LogP) is 6.55. The van der Waals surface area contributed by atoms with Crippen LogP contribution in [-0.2, 0) is 21.5 Å². The van der Waals surface area contributed by atoms with Crippen molar-refractivity contribution in [1.82, 2.24) is 9.80 Å². The number of benzene rings is 2. The first-order valence-corrected chi connectivity index (χ1v) is 14.8. The maximum atomic E-state index is 15.0. The van der Waals surface area contributed by atoms with Gasteiger partial charge in [-0.1, -0.05) is 63.6 Å². The molecule has 2 heterocycles. The van der Waals surface area contributed by atoms with E-state index in [9.17, 15) is 14.0 Å². The number of hydrogen-bond donors (Lipinski definition) is 0. The van der Waals surface area contributed by atoms with Crippen molar-refractivity contribution in [3.05, 3.63) is 65.5 Å². The van der Waals surface area contributed by atoms with Gasteiger partial charge in [-0.2, -0.15) is 0 Å². The van der Waals surface area contributed by atoms with Crippen molar-refractivity contribution in [1.29, 1.82) is 0 Å². The van der Waals surface area contributed by atoms with E-state index in [1.165, 1.54) is 6.07 Å². The lowest BCUT2D eigenvalue weighted by Crippen LogP contribution is -2.54. The Balaban J connectivity index is 1.79. The molecule has 2 atom stereocenters. The van der Waals surface area contributed by atoms with Crippen molar-refractivity contribution in [3.8, 4) is 0 Å². The van der Waals surface area contributed by atoms with Gasteiger partial charge in [0, 0.05) is 49.4 Å². The fourth-order valence-corrected chi connectivity index (χ4v) is 6.41. The summed E-state index contributed by atoms with van der Waals surface area (Å²) in [6.07, 6.45) is 5.71. The molecule has 1 saturated heterocycles. The second-order valence-corrected chi connectivity index (χ2v) is 12.3. The molecule has 5 nitrogen and oxygen atoms in total. The number of nitrogens with zero attached hydrogens (tertiary/aromatic N) is 3. The van der Waals surface area contributed by atoms with Crippen LogP contribution in [0.2, 0.25) is 0 Å². The zero-order valence-electron chi connectivity index (χ0n) is 24.5. The Morgan fingerprint density at radius 3 is 2.41 bits per heavy atom. The van der Waals surface area contributed by atoms with Gasteiger partial charge in [0.2, 0.25) is 11.8 Å². The van der Waals surface area contributed by atoms with Crippen LogP contribution in [0.15, 0.2) is 48.5 Å². The Morgan fingerprint density at radius 1 is 1.00 bits per heavy atom. The van der Waals surface area contributed by atoms with Crippen LogP contribution in [0.5, 0.6) is 0 Å². The van der Waals surface area contributed by atoms with Gasteiger partial charge < -0.3 is 9.80 Å². The highest BCUT2D eigenvalue weighted by Gasteiger charge is 2.40. The zero-order valence-corrected chi connectivity index (χ0v) is 24.5. The van der Waals surface area contributed by atoms with E-state index in [1.807, 2.05) is 54.8 Å². The molecule has 4 rings (SSSR count). The van der Waals surface area contributed by atoms with Crippen LogP contribution in [-0.4, -0.2) is 53.3 Å². The van der Waals surface area contributed by atoms with Crippen molar-refractivity contribution < 1.29 is 14.0 Å². The number of carbonyl (C=O) groups excluding carboxylic acids is 2. The number of halogens is 1. The van der Waals surface area contributed by atoms with Gasteiger partial charge in [0.1, 0.15) is 5.82 Å². The smallest absolute Gasteiger partial charge is 0.233 e. The first-order chi connectivity index (χ1) is 18.6. The van der Waals surface area contributed by atoms with Crippen LogP contribution >= 0.6 is 0 Å². The van der Waals surface area contributed by atoms with E-state index in [2.05, 4.69) is 18.7 Å². The average Bonchev–Trinajstić information content (AvgIpc) is 2.93. The third kappa shape index (κ3) is 6.54. The summed E-state index contributed by atoms with van der Waals surface area (Å²) in [5.74, 6) is 0.252. The Kier molecular flexibility index (Phi) is 9.47. The molecule has 2 amide bonds. The zero-order chi connectivity index (χ0) is 28.2. The largest absolute Gasteiger partial charge is 0.336 e. The van der Waals surface area contributed by atoms with Crippen molar-refractivity contribution >= 4 is 17.5 Å². The number of amides is 2. The number of anilines is 1. The molecule has 39 heavy (non-hydrogen) atoms. The van der Waals surface area contributed by atoms with Crippen LogP contribution < -0.4 is 4.90 Å². The SMILES string of the molecule is CCC(=O)N1CCC2CCCC(CN(C(=O)C(C)(C)c3ccccc3F)Cc3ccccc31)N2CCC(C)C. The second kappa shape index (κ2) is 12.6. The summed E-state index contributed by atoms with van der Waals surface area (Å²) in [6.45, 7) is 12.7. The van der Waals surface area contributed by atoms with E-state index in [4.69, 9.17) is 0 Å². The van der Waals surface area contributed by atoms with Crippen LogP contribution in [0.1, 0.15) is 84.3 Å². The van der Waals surface area contributed by atoms with Gasteiger partial charge in [-0.25, -0.2) is 4.39 Å². The summed E-state index contributed by atoms with van der Waals surface area (Å²) in [4.78, 5) is 34.1. The van der Waals surface area contributed by atoms with E-state index in [0.717, 1.165) is 49.9 Å². The standard InChI is InChI=1S/C33H46FN3O2/c1-6-31(38)37-21-19-26-13-11-14-27(36(26)20-18-24(2)3)23-35(22-25-12-7-10-17-30(25)37)32(39)33(4,5)28-15-8-9-16-29(28)34/h7-10,12,15-17,24,26-27H,6,11,13-14,18-23H2,1-5H3. The third-order valence-electron chi connectivity index (χ3n) is 8.71. The minimum atomic E-state index is -1.03. The fraction of sp³-hybridized carbons (Fsp3) is 0.576. The molecule has 2 unspecified atom stereocenters. The molecule has 6 heteroatoms. The highest BCUT2D eigenvalue weighted by atomic mass is 19.1. The van der Waals surface area contributed by atoms with Crippen LogP contribution in [0.3, 0.4) is 0 Å². The predicted molar refractivity (Wildman–Crippen MR) is 156 cm³/mol. The van der Waals surface area contributed by atoms with Crippen molar-refractivity contribution in [2.24, 2.45) is 5.92 Å². The number of piperidine rings is 1. The molecule has 0 radical (unpaired) electrons. The number of hydrogen-bond acceptors (Lipinski definition) is 3. The van der Waals surface area contributed by atoms with Crippen LogP contribution in [0.4, 0.5) is 10.1 Å². The topological polar surface area (TPSA) is 43.9 Å². The van der Waals surface area contributed by atoms with E-state index >= 15 is 0 Å². The molecule has 0 N–H and O–H groups in total. The Labute approximate surface area is 234 Å². The molecule has 2 aromatic rings. The molecule has 2 aliphatic rings. The summed E-state index contributed by atoms with van der Waals surface area (Å²) < 4.78 is 15.0. The molecule has 212 valence electrons. The lowest BCUT2D eigenvalue weighted by atomic mass is 9.82. The summed E-state index contributed by atoms with van der Waals surface area (Å²) in [5, 5.41) is 0. The van der Waals surface area contributed by atoms with E-state index in [-0.39, 0.29) is 23.7 Å². The van der Waals surface area contributed by atoms with Gasteiger partial charge in [0.05, 0.1) is 5.41 Å². The van der Waals surface area contributed by atoms with Gasteiger partial charge >= 0.3 is 0 Å². The molecule has 2 bridgehead atoms. The van der Waals surface area contributed by atoms with E-state index in [1.54, 1.807) is 18.2 Å². The highest BCUT2D eigenvalue weighted by Crippen LogP contribution is 2.34. The average molecular weight is 536 g/mol. The number of para-hydroxylation sites is 1. The highest BCUT2D eigenvalue weighted by molar-refractivity contribution is 5.94. The Morgan fingerprint density at radius 2 is 1.69 bits per heavy atom. The van der Waals surface area contributed by atoms with Gasteiger partial charge in [-0.3, -0.25) is 14.5 Å². The lowest BCUT2D eigenvalue weighted by Gasteiger charge is -2.45. The first kappa shape index (κ1) is 29.3. The molecule has 2 aromatic carbocycles. The second-order valence-electron chi connectivity index (χ2n) is 12.3. The van der Waals surface area contributed by atoms with Crippen LogP contribution in [0.25, 0.3) is 0 Å². The Hall–Kier alpha value is -2.73. The lowest BCUT2D eigenvalue weighted by molar-refractivity contribution is -0.138. The first-order valence-electron chi connectivity index (χ1n) is 14.8. The number of carbonyl (C=O) groups is 2. The maximum absolute atomic E-state index is 15.0. The minimum Gasteiger partial charge on any atom is -0.336 e. The van der Waals surface area contributed by atoms with Gasteiger partial charge in [-0.15, -0.1) is 0 Å². The van der Waals surface area contributed by atoms with Crippen molar-refractivity contribution in [3.63, 3.8) is 0 Å². The minimum absolute atomic E-state index is 0.0825. The quantitative estimate of drug-likeness (QED) is 0.421. The molecule has 2 aliphatic heterocycles. The maximum Gasteiger partial charge on any atom is 0.233 e. The molecule has 0 spiro atoms. The molecule has 1 fully saturated rings. The Bertz CT molecular complexity index is 1150. The molecule has 0 aliphatic carbocycles. The number of fused-ring (bicyclic) bond motifs is 3. The fourth-order valence-electron chi connectivity index (χ4n) is 6.41. The van der Waals surface area contributed by atoms with Crippen LogP contribution in [0, 0.1) is 11.7 Å². The van der Waals surface area contributed by atoms with E-state index < -0.39 is 5.41 Å². The van der Waals surface area contributed by atoms with Crippen molar-refractivity contribution in [2.75, 3.05) is 24.5 Å². The molecular weight excluding hydrogens is 489 g/mol. The summed E-state index contributed by atoms with van der Waals surface area (Å²) >= 11 is 0. The third-order valence-corrected chi connectivity index (χ3v) is 8.71. The van der Waals surface area contributed by atoms with Gasteiger partial charge in [-0.05, 0) is 69.7 Å². The van der Waals surface area contributed by atoms with E-state index in [0.29, 0.717) is 43.6 Å². The monoisotopic (exact) mass is 535 g/mol.